The maximum atomic E-state index is 11.5. The van der Waals surface area contributed by atoms with Crippen molar-refractivity contribution in [2.24, 2.45) is 0 Å². The van der Waals surface area contributed by atoms with E-state index in [9.17, 15) is 14.4 Å². The molecule has 0 unspecified atom stereocenters. The zero-order valence-corrected chi connectivity index (χ0v) is 11.4. The quantitative estimate of drug-likeness (QED) is 0.330. The minimum atomic E-state index is -1.02. The van der Waals surface area contributed by atoms with Crippen molar-refractivity contribution in [1.82, 2.24) is 4.90 Å². The van der Waals surface area contributed by atoms with E-state index >= 15 is 0 Å². The Hall–Kier alpha value is -1.89. The standard InChI is InChI=1S/C12H17NO6/c1-8-7-9(14)13(10(8)15)5-6-17-11(16)18-19-12(2,3)4/h7H,5-6H2,1-4H3. The van der Waals surface area contributed by atoms with Crippen LogP contribution in [0.15, 0.2) is 11.6 Å². The van der Waals surface area contributed by atoms with Gasteiger partial charge in [-0.3, -0.25) is 19.4 Å². The Labute approximate surface area is 111 Å². The van der Waals surface area contributed by atoms with Gasteiger partial charge in [0.15, 0.2) is 0 Å². The molecular weight excluding hydrogens is 254 g/mol. The van der Waals surface area contributed by atoms with Gasteiger partial charge in [0, 0.05) is 11.6 Å². The molecule has 2 amide bonds. The van der Waals surface area contributed by atoms with Crippen molar-refractivity contribution < 1.29 is 28.9 Å². The number of rotatable bonds is 4. The highest BCUT2D eigenvalue weighted by molar-refractivity contribution is 6.15. The first-order valence-corrected chi connectivity index (χ1v) is 5.77. The van der Waals surface area contributed by atoms with Crippen molar-refractivity contribution in [3.05, 3.63) is 11.6 Å². The lowest BCUT2D eigenvalue weighted by Crippen LogP contribution is -2.34. The van der Waals surface area contributed by atoms with Crippen LogP contribution in [0, 0.1) is 0 Å². The Kier molecular flexibility index (Phi) is 4.66. The number of imide groups is 1. The van der Waals surface area contributed by atoms with Crippen molar-refractivity contribution in [3.63, 3.8) is 0 Å². The number of ether oxygens (including phenoxy) is 1. The normalized spacial score (nSPS) is 15.6. The average Bonchev–Trinajstić information content (AvgIpc) is 2.52. The highest BCUT2D eigenvalue weighted by Gasteiger charge is 2.28. The van der Waals surface area contributed by atoms with E-state index in [0.717, 1.165) is 4.90 Å². The van der Waals surface area contributed by atoms with Crippen molar-refractivity contribution in [3.8, 4) is 0 Å². The van der Waals surface area contributed by atoms with Crippen LogP contribution in [0.4, 0.5) is 4.79 Å². The molecule has 0 saturated carbocycles. The number of amides is 2. The molecule has 106 valence electrons. The summed E-state index contributed by atoms with van der Waals surface area (Å²) in [5.41, 5.74) is -0.273. The molecule has 1 rings (SSSR count). The lowest BCUT2D eigenvalue weighted by Gasteiger charge is -2.17. The van der Waals surface area contributed by atoms with Gasteiger partial charge in [-0.25, -0.2) is 4.79 Å². The van der Waals surface area contributed by atoms with E-state index in [1.807, 2.05) is 0 Å². The Morgan fingerprint density at radius 2 is 1.95 bits per heavy atom. The SMILES string of the molecule is CC1=CC(=O)N(CCOC(=O)OOC(C)(C)C)C1=O. The average molecular weight is 271 g/mol. The number of nitrogens with zero attached hydrogens (tertiary/aromatic N) is 1. The van der Waals surface area contributed by atoms with Crippen molar-refractivity contribution in [1.29, 1.82) is 0 Å². The number of carbonyl (C=O) groups excluding carboxylic acids is 3. The fraction of sp³-hybridized carbons (Fsp3) is 0.583. The van der Waals surface area contributed by atoms with E-state index in [1.54, 1.807) is 27.7 Å². The number of hydrogen-bond acceptors (Lipinski definition) is 6. The van der Waals surface area contributed by atoms with E-state index < -0.39 is 17.7 Å². The smallest absolute Gasteiger partial charge is 0.430 e. The molecule has 0 fully saturated rings. The first kappa shape index (κ1) is 15.2. The number of hydrogen-bond donors (Lipinski definition) is 0. The van der Waals surface area contributed by atoms with Crippen LogP contribution in [-0.4, -0.2) is 41.6 Å². The van der Waals surface area contributed by atoms with Gasteiger partial charge in [0.1, 0.15) is 12.2 Å². The third-order valence-corrected chi connectivity index (χ3v) is 2.08. The van der Waals surface area contributed by atoms with Crippen molar-refractivity contribution in [2.45, 2.75) is 33.3 Å². The predicted molar refractivity (Wildman–Crippen MR) is 63.7 cm³/mol. The second-order valence-electron chi connectivity index (χ2n) is 5.00. The van der Waals surface area contributed by atoms with Gasteiger partial charge in [0.2, 0.25) is 0 Å². The summed E-state index contributed by atoms with van der Waals surface area (Å²) < 4.78 is 4.68. The molecule has 0 aromatic rings. The Morgan fingerprint density at radius 1 is 1.32 bits per heavy atom. The summed E-state index contributed by atoms with van der Waals surface area (Å²) in [7, 11) is 0. The zero-order valence-electron chi connectivity index (χ0n) is 11.4. The van der Waals surface area contributed by atoms with Crippen molar-refractivity contribution >= 4 is 18.0 Å². The molecule has 19 heavy (non-hydrogen) atoms. The van der Waals surface area contributed by atoms with Gasteiger partial charge >= 0.3 is 6.16 Å². The largest absolute Gasteiger partial charge is 0.540 e. The highest BCUT2D eigenvalue weighted by atomic mass is 17.2. The molecule has 7 nitrogen and oxygen atoms in total. The molecule has 0 spiro atoms. The van der Waals surface area contributed by atoms with Crippen LogP contribution in [0.1, 0.15) is 27.7 Å². The number of carbonyl (C=O) groups is 3. The van der Waals surface area contributed by atoms with Crippen LogP contribution >= 0.6 is 0 Å². The molecule has 1 heterocycles. The third kappa shape index (κ3) is 4.70. The van der Waals surface area contributed by atoms with Crippen LogP contribution in [-0.2, 0) is 24.1 Å². The summed E-state index contributed by atoms with van der Waals surface area (Å²) in [6.07, 6.45) is 0.224. The van der Waals surface area contributed by atoms with E-state index in [1.165, 1.54) is 6.08 Å². The summed E-state index contributed by atoms with van der Waals surface area (Å²) >= 11 is 0. The maximum Gasteiger partial charge on any atom is 0.540 e. The second-order valence-corrected chi connectivity index (χ2v) is 5.00. The van der Waals surface area contributed by atoms with Crippen LogP contribution in [0.3, 0.4) is 0 Å². The molecule has 0 aromatic carbocycles. The Morgan fingerprint density at radius 3 is 2.42 bits per heavy atom. The molecule has 1 aliphatic heterocycles. The van der Waals surface area contributed by atoms with Gasteiger partial charge < -0.3 is 4.74 Å². The third-order valence-electron chi connectivity index (χ3n) is 2.08. The first-order valence-electron chi connectivity index (χ1n) is 5.77. The second kappa shape index (κ2) is 5.83. The summed E-state index contributed by atoms with van der Waals surface area (Å²) in [4.78, 5) is 44.1. The van der Waals surface area contributed by atoms with Crippen LogP contribution in [0.2, 0.25) is 0 Å². The maximum absolute atomic E-state index is 11.5. The summed E-state index contributed by atoms with van der Waals surface area (Å²) in [6.45, 7) is 6.50. The molecular formula is C12H17NO6. The molecule has 0 atom stereocenters. The molecule has 1 aliphatic rings. The van der Waals surface area contributed by atoms with Gasteiger partial charge in [-0.1, -0.05) is 0 Å². The molecule has 0 N–H and O–H groups in total. The lowest BCUT2D eigenvalue weighted by molar-refractivity contribution is -0.312. The monoisotopic (exact) mass is 271 g/mol. The molecule has 7 heteroatoms. The van der Waals surface area contributed by atoms with E-state index in [0.29, 0.717) is 5.57 Å². The minimum Gasteiger partial charge on any atom is -0.430 e. The summed E-state index contributed by atoms with van der Waals surface area (Å²) in [6, 6.07) is 0. The molecule has 0 aromatic heterocycles. The van der Waals surface area contributed by atoms with E-state index in [2.05, 4.69) is 9.62 Å². The fourth-order valence-corrected chi connectivity index (χ4v) is 1.25. The molecule has 0 aliphatic carbocycles. The van der Waals surface area contributed by atoms with E-state index in [-0.39, 0.29) is 19.1 Å². The predicted octanol–water partition coefficient (Wildman–Crippen LogP) is 1.18. The zero-order chi connectivity index (χ0) is 14.6. The summed E-state index contributed by atoms with van der Waals surface area (Å²) in [5.74, 6) is -0.793. The topological polar surface area (TPSA) is 82.1 Å². The Bertz CT molecular complexity index is 420. The van der Waals surface area contributed by atoms with Gasteiger partial charge in [0.25, 0.3) is 11.8 Å². The van der Waals surface area contributed by atoms with Crippen LogP contribution < -0.4 is 0 Å². The van der Waals surface area contributed by atoms with Crippen LogP contribution in [0.5, 0.6) is 0 Å². The van der Waals surface area contributed by atoms with Crippen molar-refractivity contribution in [2.75, 3.05) is 13.2 Å². The van der Waals surface area contributed by atoms with Crippen LogP contribution in [0.25, 0.3) is 0 Å². The highest BCUT2D eigenvalue weighted by Crippen LogP contribution is 2.11. The van der Waals surface area contributed by atoms with Gasteiger partial charge in [-0.2, -0.15) is 4.89 Å². The Balaban J connectivity index is 2.26. The summed E-state index contributed by atoms with van der Waals surface area (Å²) in [5, 5.41) is 0. The van der Waals surface area contributed by atoms with Gasteiger partial charge in [0.05, 0.1) is 6.54 Å². The first-order chi connectivity index (χ1) is 8.70. The lowest BCUT2D eigenvalue weighted by atomic mass is 10.2. The van der Waals surface area contributed by atoms with Gasteiger partial charge in [-0.05, 0) is 27.7 Å². The molecule has 0 saturated heterocycles. The minimum absolute atomic E-state index is 0.0177. The van der Waals surface area contributed by atoms with Gasteiger partial charge in [-0.15, -0.1) is 0 Å². The van der Waals surface area contributed by atoms with E-state index in [4.69, 9.17) is 4.89 Å². The molecule has 0 radical (unpaired) electrons. The fourth-order valence-electron chi connectivity index (χ4n) is 1.25. The molecule has 0 bridgehead atoms.